The number of nitriles is 1. The van der Waals surface area contributed by atoms with Gasteiger partial charge >= 0.3 is 0 Å². The molecule has 1 heterocycles. The number of hydrogen-bond acceptors (Lipinski definition) is 5. The van der Waals surface area contributed by atoms with Gasteiger partial charge < -0.3 is 19.8 Å². The van der Waals surface area contributed by atoms with Gasteiger partial charge in [-0.2, -0.15) is 5.26 Å². The smallest absolute Gasteiger partial charge is 0.253 e. The van der Waals surface area contributed by atoms with Crippen molar-refractivity contribution in [3.8, 4) is 17.2 Å². The number of aliphatic hydroxyl groups excluding tert-OH is 1. The van der Waals surface area contributed by atoms with Gasteiger partial charge in [0.2, 0.25) is 5.91 Å². The predicted octanol–water partition coefficient (Wildman–Crippen LogP) is 1.80. The number of amides is 2. The SMILES string of the molecule is CN(C)CC(=O)N1[C@H](CO)[C@@H](c2ccc(-c3ccc(C(=O)N(C)C)cc3)cc2)[C@@H]1C#N. The Bertz CT molecular complexity index is 977. The maximum absolute atomic E-state index is 12.5. The highest BCUT2D eigenvalue weighted by molar-refractivity contribution is 5.94. The molecule has 7 heteroatoms. The van der Waals surface area contributed by atoms with E-state index in [2.05, 4.69) is 6.07 Å². The fraction of sp³-hybridized carbons (Fsp3) is 0.375. The molecule has 3 atom stereocenters. The Balaban J connectivity index is 1.79. The van der Waals surface area contributed by atoms with E-state index in [1.165, 1.54) is 9.80 Å². The first kappa shape index (κ1) is 22.5. The van der Waals surface area contributed by atoms with Crippen molar-refractivity contribution >= 4 is 11.8 Å². The van der Waals surface area contributed by atoms with E-state index in [0.29, 0.717) is 5.56 Å². The molecule has 0 unspecified atom stereocenters. The molecule has 3 rings (SSSR count). The van der Waals surface area contributed by atoms with E-state index in [1.807, 2.05) is 36.4 Å². The number of likely N-dealkylation sites (tertiary alicyclic amines) is 1. The minimum atomic E-state index is -0.591. The minimum Gasteiger partial charge on any atom is -0.394 e. The summed E-state index contributed by atoms with van der Waals surface area (Å²) >= 11 is 0. The van der Waals surface area contributed by atoms with Crippen molar-refractivity contribution in [2.24, 2.45) is 0 Å². The average molecular weight is 421 g/mol. The van der Waals surface area contributed by atoms with Crippen LogP contribution in [0.1, 0.15) is 21.8 Å². The molecule has 2 aromatic rings. The van der Waals surface area contributed by atoms with Gasteiger partial charge in [-0.25, -0.2) is 0 Å². The molecule has 2 amide bonds. The molecule has 2 aromatic carbocycles. The second-order valence-corrected chi connectivity index (χ2v) is 8.29. The van der Waals surface area contributed by atoms with Crippen LogP contribution in [0.4, 0.5) is 0 Å². The van der Waals surface area contributed by atoms with Gasteiger partial charge in [0.25, 0.3) is 5.91 Å². The van der Waals surface area contributed by atoms with Crippen LogP contribution in [0.5, 0.6) is 0 Å². The lowest BCUT2D eigenvalue weighted by Crippen LogP contribution is -2.66. The molecule has 0 spiro atoms. The van der Waals surface area contributed by atoms with Gasteiger partial charge in [0.1, 0.15) is 6.04 Å². The third kappa shape index (κ3) is 4.46. The Labute approximate surface area is 183 Å². The number of rotatable bonds is 6. The van der Waals surface area contributed by atoms with E-state index in [9.17, 15) is 20.0 Å². The molecule has 0 bridgehead atoms. The lowest BCUT2D eigenvalue weighted by atomic mass is 9.75. The number of benzene rings is 2. The van der Waals surface area contributed by atoms with Gasteiger partial charge in [0.15, 0.2) is 0 Å². The van der Waals surface area contributed by atoms with Crippen LogP contribution in [-0.4, -0.2) is 85.0 Å². The summed E-state index contributed by atoms with van der Waals surface area (Å²) in [6, 6.07) is 16.5. The summed E-state index contributed by atoms with van der Waals surface area (Å²) in [5, 5.41) is 19.5. The highest BCUT2D eigenvalue weighted by Gasteiger charge is 2.51. The minimum absolute atomic E-state index is 0.0437. The quantitative estimate of drug-likeness (QED) is 0.770. The molecular weight excluding hydrogens is 392 g/mol. The molecule has 1 saturated heterocycles. The zero-order valence-electron chi connectivity index (χ0n) is 18.3. The van der Waals surface area contributed by atoms with Crippen LogP contribution in [0, 0.1) is 11.3 Å². The van der Waals surface area contributed by atoms with Crippen LogP contribution >= 0.6 is 0 Å². The molecule has 0 saturated carbocycles. The molecule has 162 valence electrons. The number of hydrogen-bond donors (Lipinski definition) is 1. The molecule has 1 aliphatic rings. The van der Waals surface area contributed by atoms with E-state index in [1.54, 1.807) is 45.2 Å². The van der Waals surface area contributed by atoms with Gasteiger partial charge in [-0.1, -0.05) is 36.4 Å². The summed E-state index contributed by atoms with van der Waals surface area (Å²) in [5.41, 5.74) is 3.52. The molecule has 0 aromatic heterocycles. The van der Waals surface area contributed by atoms with Crippen LogP contribution < -0.4 is 0 Å². The fourth-order valence-corrected chi connectivity index (χ4v) is 4.06. The van der Waals surface area contributed by atoms with Crippen molar-refractivity contribution in [3.63, 3.8) is 0 Å². The van der Waals surface area contributed by atoms with Gasteiger partial charge in [-0.15, -0.1) is 0 Å². The van der Waals surface area contributed by atoms with Gasteiger partial charge in [-0.05, 0) is 42.9 Å². The van der Waals surface area contributed by atoms with Crippen molar-refractivity contribution in [2.75, 3.05) is 41.3 Å². The molecule has 7 nitrogen and oxygen atoms in total. The Morgan fingerprint density at radius 1 is 1.00 bits per heavy atom. The molecule has 1 N–H and O–H groups in total. The number of aliphatic hydroxyl groups is 1. The average Bonchev–Trinajstić information content (AvgIpc) is 2.73. The highest BCUT2D eigenvalue weighted by atomic mass is 16.3. The standard InChI is InChI=1S/C24H28N4O3/c1-26(2)14-22(30)28-20(13-25)23(21(28)15-29)18-9-5-16(6-10-18)17-7-11-19(12-8-17)24(31)27(3)4/h5-12,20-21,23,29H,14-15H2,1-4H3/t20-,21+,23-/m0/s1. The number of nitrogens with zero attached hydrogens (tertiary/aromatic N) is 4. The zero-order valence-corrected chi connectivity index (χ0v) is 18.3. The first-order valence-electron chi connectivity index (χ1n) is 10.2. The molecule has 1 aliphatic heterocycles. The van der Waals surface area contributed by atoms with Crippen molar-refractivity contribution in [2.45, 2.75) is 18.0 Å². The monoisotopic (exact) mass is 420 g/mol. The van der Waals surface area contributed by atoms with Gasteiger partial charge in [0, 0.05) is 25.6 Å². The number of carbonyl (C=O) groups is 2. The third-order valence-corrected chi connectivity index (χ3v) is 5.64. The summed E-state index contributed by atoms with van der Waals surface area (Å²) in [6.45, 7) is 0.0117. The topological polar surface area (TPSA) is 87.9 Å². The molecule has 0 radical (unpaired) electrons. The summed E-state index contributed by atoms with van der Waals surface area (Å²) in [6.07, 6.45) is 0. The first-order chi connectivity index (χ1) is 14.8. The first-order valence-corrected chi connectivity index (χ1v) is 10.2. The summed E-state index contributed by atoms with van der Waals surface area (Å²) in [5.74, 6) is -0.427. The largest absolute Gasteiger partial charge is 0.394 e. The number of carbonyl (C=O) groups excluding carboxylic acids is 2. The van der Waals surface area contributed by atoms with Crippen molar-refractivity contribution in [1.29, 1.82) is 5.26 Å². The van der Waals surface area contributed by atoms with Crippen molar-refractivity contribution < 1.29 is 14.7 Å². The van der Waals surface area contributed by atoms with E-state index in [0.717, 1.165) is 16.7 Å². The zero-order chi connectivity index (χ0) is 22.7. The van der Waals surface area contributed by atoms with Crippen molar-refractivity contribution in [1.82, 2.24) is 14.7 Å². The van der Waals surface area contributed by atoms with Crippen LogP contribution in [0.25, 0.3) is 11.1 Å². The summed E-state index contributed by atoms with van der Waals surface area (Å²) in [7, 11) is 7.04. The van der Waals surface area contributed by atoms with E-state index < -0.39 is 12.1 Å². The molecule has 1 fully saturated rings. The highest BCUT2D eigenvalue weighted by Crippen LogP contribution is 2.41. The van der Waals surface area contributed by atoms with E-state index >= 15 is 0 Å². The summed E-state index contributed by atoms with van der Waals surface area (Å²) in [4.78, 5) is 29.3. The van der Waals surface area contributed by atoms with E-state index in [4.69, 9.17) is 0 Å². The maximum atomic E-state index is 12.5. The third-order valence-electron chi connectivity index (χ3n) is 5.64. The molecule has 31 heavy (non-hydrogen) atoms. The predicted molar refractivity (Wildman–Crippen MR) is 118 cm³/mol. The van der Waals surface area contributed by atoms with E-state index in [-0.39, 0.29) is 30.9 Å². The maximum Gasteiger partial charge on any atom is 0.253 e. The second kappa shape index (κ2) is 9.29. The molecule has 0 aliphatic carbocycles. The normalized spacial score (nSPS) is 20.2. The number of likely N-dealkylation sites (N-methyl/N-ethyl adjacent to an activating group) is 1. The van der Waals surface area contributed by atoms with Crippen molar-refractivity contribution in [3.05, 3.63) is 59.7 Å². The van der Waals surface area contributed by atoms with Gasteiger partial charge in [-0.3, -0.25) is 9.59 Å². The van der Waals surface area contributed by atoms with Crippen LogP contribution in [0.2, 0.25) is 0 Å². The Hall–Kier alpha value is -3.21. The lowest BCUT2D eigenvalue weighted by molar-refractivity contribution is -0.147. The molecular formula is C24H28N4O3. The Morgan fingerprint density at radius 2 is 1.55 bits per heavy atom. The Kier molecular flexibility index (Phi) is 6.74. The fourth-order valence-electron chi connectivity index (χ4n) is 4.06. The summed E-state index contributed by atoms with van der Waals surface area (Å²) < 4.78 is 0. The lowest BCUT2D eigenvalue weighted by Gasteiger charge is -2.51. The van der Waals surface area contributed by atoms with Crippen LogP contribution in [-0.2, 0) is 4.79 Å². The van der Waals surface area contributed by atoms with Crippen LogP contribution in [0.3, 0.4) is 0 Å². The Morgan fingerprint density at radius 3 is 2.00 bits per heavy atom. The second-order valence-electron chi connectivity index (χ2n) is 8.29. The van der Waals surface area contributed by atoms with Crippen LogP contribution in [0.15, 0.2) is 48.5 Å². The van der Waals surface area contributed by atoms with Gasteiger partial charge in [0.05, 0.1) is 25.3 Å².